The van der Waals surface area contributed by atoms with E-state index in [9.17, 15) is 29.1 Å². The van der Waals surface area contributed by atoms with E-state index in [1.165, 1.54) is 57.2 Å². The SMILES string of the molecule is CCCCCCCCCCC[C@H](CC(=O)OCCSC[C@H](NC(C)=O)C(=O)N[C@@H](CO)C(=O)OC)OC(=O)CCCCCCC. The molecule has 0 aliphatic rings. The minimum atomic E-state index is -1.25. The third kappa shape index (κ3) is 24.6. The Kier molecular flexibility index (Phi) is 27.6. The van der Waals surface area contributed by atoms with Crippen LogP contribution >= 0.6 is 11.8 Å². The largest absolute Gasteiger partial charge is 0.467 e. The number of amides is 2. The van der Waals surface area contributed by atoms with Crippen molar-refractivity contribution in [1.29, 1.82) is 0 Å². The summed E-state index contributed by atoms with van der Waals surface area (Å²) >= 11 is 1.28. The molecule has 45 heavy (non-hydrogen) atoms. The quantitative estimate of drug-likeness (QED) is 0.0567. The van der Waals surface area contributed by atoms with Crippen LogP contribution in [0.1, 0.15) is 130 Å². The van der Waals surface area contributed by atoms with Gasteiger partial charge in [0.25, 0.3) is 0 Å². The molecule has 2 amide bonds. The van der Waals surface area contributed by atoms with E-state index in [0.717, 1.165) is 58.5 Å². The fourth-order valence-electron chi connectivity index (χ4n) is 4.69. The van der Waals surface area contributed by atoms with Gasteiger partial charge < -0.3 is 30.0 Å². The molecule has 0 aromatic carbocycles. The topological polar surface area (TPSA) is 157 Å². The van der Waals surface area contributed by atoms with Gasteiger partial charge in [0, 0.05) is 24.9 Å². The highest BCUT2D eigenvalue weighted by atomic mass is 32.2. The Morgan fingerprint density at radius 1 is 0.756 bits per heavy atom. The summed E-state index contributed by atoms with van der Waals surface area (Å²) in [6.45, 7) is 5.05. The Morgan fingerprint density at radius 3 is 1.89 bits per heavy atom. The molecule has 11 nitrogen and oxygen atoms in total. The summed E-state index contributed by atoms with van der Waals surface area (Å²) in [7, 11) is 1.14. The van der Waals surface area contributed by atoms with Crippen LogP contribution in [0.2, 0.25) is 0 Å². The molecular formula is C33H60N2O9S. The third-order valence-electron chi connectivity index (χ3n) is 7.26. The van der Waals surface area contributed by atoms with Gasteiger partial charge in [0.1, 0.15) is 18.8 Å². The predicted octanol–water partition coefficient (Wildman–Crippen LogP) is 5.00. The number of nitrogens with one attached hydrogen (secondary N) is 2. The molecule has 0 saturated carbocycles. The molecule has 0 aliphatic heterocycles. The lowest BCUT2D eigenvalue weighted by Gasteiger charge is -2.20. The van der Waals surface area contributed by atoms with Crippen molar-refractivity contribution >= 4 is 41.5 Å². The first-order valence-electron chi connectivity index (χ1n) is 16.9. The molecule has 0 aromatic rings. The van der Waals surface area contributed by atoms with Crippen molar-refractivity contribution in [2.75, 3.05) is 31.8 Å². The number of esters is 3. The summed E-state index contributed by atoms with van der Waals surface area (Å²) < 4.78 is 15.6. The molecule has 0 rings (SSSR count). The fourth-order valence-corrected chi connectivity index (χ4v) is 5.52. The van der Waals surface area contributed by atoms with Crippen molar-refractivity contribution in [2.45, 2.75) is 148 Å². The van der Waals surface area contributed by atoms with Gasteiger partial charge in [0.05, 0.1) is 20.1 Å². The number of thioether (sulfide) groups is 1. The highest BCUT2D eigenvalue weighted by Crippen LogP contribution is 2.16. The van der Waals surface area contributed by atoms with E-state index in [0.29, 0.717) is 18.6 Å². The van der Waals surface area contributed by atoms with Gasteiger partial charge in [-0.2, -0.15) is 11.8 Å². The average molecular weight is 661 g/mol. The van der Waals surface area contributed by atoms with Crippen molar-refractivity contribution < 1.29 is 43.3 Å². The Bertz CT molecular complexity index is 828. The van der Waals surface area contributed by atoms with Gasteiger partial charge in [-0.25, -0.2) is 4.79 Å². The van der Waals surface area contributed by atoms with Crippen LogP contribution in [0, 0.1) is 0 Å². The first-order valence-corrected chi connectivity index (χ1v) is 18.0. The minimum Gasteiger partial charge on any atom is -0.467 e. The maximum absolute atomic E-state index is 12.6. The number of methoxy groups -OCH3 is 1. The van der Waals surface area contributed by atoms with Crippen LogP contribution in [0.25, 0.3) is 0 Å². The van der Waals surface area contributed by atoms with Crippen LogP contribution in [-0.4, -0.2) is 84.8 Å². The lowest BCUT2D eigenvalue weighted by molar-refractivity contribution is -0.155. The first kappa shape index (κ1) is 42.7. The standard InChI is InChI=1S/C33H60N2O9S/c1-5-7-9-11-12-13-14-16-17-19-27(44-30(38)20-18-15-10-8-6-2)23-31(39)43-21-22-45-25-29(34-26(3)37)32(40)35-28(24-36)33(41)42-4/h27-29,36H,5-25H2,1-4H3,(H,34,37)(H,35,40)/t27-,28+,29+/m1/s1. The third-order valence-corrected chi connectivity index (χ3v) is 8.28. The molecule has 12 heteroatoms. The number of unbranched alkanes of at least 4 members (excludes halogenated alkanes) is 12. The van der Waals surface area contributed by atoms with E-state index in [1.54, 1.807) is 0 Å². The van der Waals surface area contributed by atoms with Crippen molar-refractivity contribution in [2.24, 2.45) is 0 Å². The molecule has 0 saturated heterocycles. The van der Waals surface area contributed by atoms with Crippen LogP contribution in [-0.2, 0) is 38.2 Å². The molecule has 0 unspecified atom stereocenters. The van der Waals surface area contributed by atoms with Crippen molar-refractivity contribution in [1.82, 2.24) is 10.6 Å². The fraction of sp³-hybridized carbons (Fsp3) is 0.848. The van der Waals surface area contributed by atoms with E-state index in [1.807, 2.05) is 0 Å². The summed E-state index contributed by atoms with van der Waals surface area (Å²) in [6, 6.07) is -2.22. The van der Waals surface area contributed by atoms with E-state index in [2.05, 4.69) is 29.2 Å². The van der Waals surface area contributed by atoms with Gasteiger partial charge in [0.15, 0.2) is 6.04 Å². The van der Waals surface area contributed by atoms with Crippen LogP contribution in [0.5, 0.6) is 0 Å². The Labute approximate surface area is 275 Å². The molecule has 3 atom stereocenters. The molecule has 0 fully saturated rings. The number of carbonyl (C=O) groups excluding carboxylic acids is 5. The first-order chi connectivity index (χ1) is 21.7. The van der Waals surface area contributed by atoms with E-state index in [-0.39, 0.29) is 24.7 Å². The van der Waals surface area contributed by atoms with Crippen molar-refractivity contribution in [3.05, 3.63) is 0 Å². The normalized spacial score (nSPS) is 12.9. The number of ether oxygens (including phenoxy) is 3. The molecule has 3 N–H and O–H groups in total. The number of aliphatic hydroxyl groups excluding tert-OH is 1. The molecule has 0 radical (unpaired) electrons. The maximum Gasteiger partial charge on any atom is 0.330 e. The number of carbonyl (C=O) groups is 5. The summed E-state index contributed by atoms with van der Waals surface area (Å²) in [5, 5.41) is 14.2. The van der Waals surface area contributed by atoms with Gasteiger partial charge in [-0.1, -0.05) is 90.9 Å². The van der Waals surface area contributed by atoms with Gasteiger partial charge in [-0.05, 0) is 19.3 Å². The summed E-state index contributed by atoms with van der Waals surface area (Å²) in [5.41, 5.74) is 0. The number of hydrogen-bond donors (Lipinski definition) is 3. The monoisotopic (exact) mass is 660 g/mol. The maximum atomic E-state index is 12.6. The van der Waals surface area contributed by atoms with Gasteiger partial charge in [0.2, 0.25) is 11.8 Å². The molecule has 0 aliphatic carbocycles. The second kappa shape index (κ2) is 29.1. The Morgan fingerprint density at radius 2 is 1.33 bits per heavy atom. The second-order valence-electron chi connectivity index (χ2n) is 11.4. The zero-order valence-corrected chi connectivity index (χ0v) is 29.0. The van der Waals surface area contributed by atoms with E-state index >= 15 is 0 Å². The highest BCUT2D eigenvalue weighted by molar-refractivity contribution is 7.99. The number of hydrogen-bond acceptors (Lipinski definition) is 10. The van der Waals surface area contributed by atoms with E-state index in [4.69, 9.17) is 9.47 Å². The van der Waals surface area contributed by atoms with Crippen LogP contribution in [0.4, 0.5) is 0 Å². The molecular weight excluding hydrogens is 600 g/mol. The van der Waals surface area contributed by atoms with Gasteiger partial charge in [-0.3, -0.25) is 19.2 Å². The number of rotatable bonds is 29. The zero-order chi connectivity index (χ0) is 33.7. The van der Waals surface area contributed by atoms with Crippen molar-refractivity contribution in [3.8, 4) is 0 Å². The Balaban J connectivity index is 4.71. The van der Waals surface area contributed by atoms with E-state index < -0.39 is 48.5 Å². The zero-order valence-electron chi connectivity index (χ0n) is 28.2. The Hall–Kier alpha value is -2.34. The van der Waals surface area contributed by atoms with Gasteiger partial charge in [-0.15, -0.1) is 0 Å². The lowest BCUT2D eigenvalue weighted by atomic mass is 10.0. The van der Waals surface area contributed by atoms with Crippen LogP contribution in [0.3, 0.4) is 0 Å². The molecule has 262 valence electrons. The molecule has 0 aromatic heterocycles. The minimum absolute atomic E-state index is 0.00371. The molecule has 0 bridgehead atoms. The molecule has 0 heterocycles. The highest BCUT2D eigenvalue weighted by Gasteiger charge is 2.26. The lowest BCUT2D eigenvalue weighted by Crippen LogP contribution is -2.53. The van der Waals surface area contributed by atoms with Gasteiger partial charge >= 0.3 is 17.9 Å². The van der Waals surface area contributed by atoms with Crippen LogP contribution in [0.15, 0.2) is 0 Å². The average Bonchev–Trinajstić information content (AvgIpc) is 3.01. The number of aliphatic hydroxyl groups is 1. The predicted molar refractivity (Wildman–Crippen MR) is 177 cm³/mol. The summed E-state index contributed by atoms with van der Waals surface area (Å²) in [5.74, 6) is -2.10. The van der Waals surface area contributed by atoms with Crippen LogP contribution < -0.4 is 10.6 Å². The smallest absolute Gasteiger partial charge is 0.330 e. The second-order valence-corrected chi connectivity index (χ2v) is 12.6. The van der Waals surface area contributed by atoms with Crippen molar-refractivity contribution in [3.63, 3.8) is 0 Å². The summed E-state index contributed by atoms with van der Waals surface area (Å²) in [4.78, 5) is 60.9. The molecule has 0 spiro atoms. The summed E-state index contributed by atoms with van der Waals surface area (Å²) in [6.07, 6.45) is 16.2.